The SMILES string of the molecule is Cc1ccc(S(=O)(=O)OCCC#CCc2ccccc2)cc1. The van der Waals surface area contributed by atoms with E-state index in [1.807, 2.05) is 37.3 Å². The summed E-state index contributed by atoms with van der Waals surface area (Å²) in [6.07, 6.45) is 1.05. The highest BCUT2D eigenvalue weighted by molar-refractivity contribution is 7.86. The molecule has 2 aromatic carbocycles. The smallest absolute Gasteiger partial charge is 0.265 e. The molecular weight excluding hydrogens is 296 g/mol. The molecule has 3 nitrogen and oxygen atoms in total. The molecule has 22 heavy (non-hydrogen) atoms. The van der Waals surface area contributed by atoms with Gasteiger partial charge >= 0.3 is 0 Å². The molecule has 4 heteroatoms. The van der Waals surface area contributed by atoms with Crippen molar-refractivity contribution < 1.29 is 12.6 Å². The molecule has 2 rings (SSSR count). The van der Waals surface area contributed by atoms with Crippen molar-refractivity contribution in [3.63, 3.8) is 0 Å². The molecule has 0 aliphatic rings. The highest BCUT2D eigenvalue weighted by Crippen LogP contribution is 2.13. The molecule has 2 aromatic rings. The van der Waals surface area contributed by atoms with Gasteiger partial charge in [0.1, 0.15) is 0 Å². The van der Waals surface area contributed by atoms with Crippen LogP contribution < -0.4 is 0 Å². The average molecular weight is 314 g/mol. The van der Waals surface area contributed by atoms with Crippen LogP contribution in [0.1, 0.15) is 17.5 Å². The van der Waals surface area contributed by atoms with Gasteiger partial charge in [-0.15, -0.1) is 5.92 Å². The van der Waals surface area contributed by atoms with Crippen LogP contribution in [-0.4, -0.2) is 15.0 Å². The van der Waals surface area contributed by atoms with Crippen LogP contribution in [-0.2, 0) is 20.7 Å². The molecule has 0 atom stereocenters. The van der Waals surface area contributed by atoms with Crippen LogP contribution in [0, 0.1) is 18.8 Å². The van der Waals surface area contributed by atoms with Crippen molar-refractivity contribution in [2.75, 3.05) is 6.61 Å². The first-order valence-electron chi connectivity index (χ1n) is 7.04. The molecule has 0 N–H and O–H groups in total. The molecule has 0 unspecified atom stereocenters. The molecule has 0 heterocycles. The average Bonchev–Trinajstić information content (AvgIpc) is 2.52. The lowest BCUT2D eigenvalue weighted by Gasteiger charge is -2.04. The van der Waals surface area contributed by atoms with E-state index >= 15 is 0 Å². The molecule has 0 radical (unpaired) electrons. The fourth-order valence-electron chi connectivity index (χ4n) is 1.82. The quantitative estimate of drug-likeness (QED) is 0.483. The summed E-state index contributed by atoms with van der Waals surface area (Å²) in [6, 6.07) is 16.5. The van der Waals surface area contributed by atoms with Gasteiger partial charge in [-0.05, 0) is 24.6 Å². The molecule has 0 saturated carbocycles. The van der Waals surface area contributed by atoms with Gasteiger partial charge in [0.2, 0.25) is 0 Å². The fourth-order valence-corrected chi connectivity index (χ4v) is 2.73. The van der Waals surface area contributed by atoms with E-state index in [1.54, 1.807) is 24.3 Å². The third kappa shape index (κ3) is 5.03. The predicted molar refractivity (Wildman–Crippen MR) is 86.9 cm³/mol. The van der Waals surface area contributed by atoms with Gasteiger partial charge < -0.3 is 0 Å². The van der Waals surface area contributed by atoms with Crippen LogP contribution in [0.5, 0.6) is 0 Å². The van der Waals surface area contributed by atoms with Crippen LogP contribution in [0.25, 0.3) is 0 Å². The van der Waals surface area contributed by atoms with Crippen LogP contribution in [0.2, 0.25) is 0 Å². The first-order valence-corrected chi connectivity index (χ1v) is 8.44. The van der Waals surface area contributed by atoms with Gasteiger partial charge in [-0.1, -0.05) is 53.9 Å². The molecule has 0 saturated heterocycles. The van der Waals surface area contributed by atoms with E-state index in [0.29, 0.717) is 12.8 Å². The molecular formula is C18H18O3S. The summed E-state index contributed by atoms with van der Waals surface area (Å²) in [5, 5.41) is 0. The fraction of sp³-hybridized carbons (Fsp3) is 0.222. The van der Waals surface area contributed by atoms with E-state index < -0.39 is 10.1 Å². The number of rotatable bonds is 5. The Kier molecular flexibility index (Phi) is 5.76. The van der Waals surface area contributed by atoms with Gasteiger partial charge in [0, 0.05) is 12.8 Å². The second-order valence-corrected chi connectivity index (χ2v) is 6.47. The Morgan fingerprint density at radius 1 is 0.955 bits per heavy atom. The second-order valence-electron chi connectivity index (χ2n) is 4.86. The second kappa shape index (κ2) is 7.79. The zero-order chi connectivity index (χ0) is 15.8. The van der Waals surface area contributed by atoms with Gasteiger partial charge in [0.15, 0.2) is 0 Å². The summed E-state index contributed by atoms with van der Waals surface area (Å²) in [5.41, 5.74) is 2.15. The Bertz CT molecular complexity index is 751. The van der Waals surface area contributed by atoms with Gasteiger partial charge in [-0.25, -0.2) is 0 Å². The minimum absolute atomic E-state index is 0.0675. The Morgan fingerprint density at radius 2 is 1.64 bits per heavy atom. The molecule has 0 aromatic heterocycles. The van der Waals surface area contributed by atoms with Gasteiger partial charge in [0.25, 0.3) is 10.1 Å². The first-order chi connectivity index (χ1) is 10.6. The Hall–Kier alpha value is -2.09. The zero-order valence-corrected chi connectivity index (χ0v) is 13.3. The highest BCUT2D eigenvalue weighted by atomic mass is 32.2. The predicted octanol–water partition coefficient (Wildman–Crippen LogP) is 3.34. The normalized spacial score (nSPS) is 10.8. The zero-order valence-electron chi connectivity index (χ0n) is 12.5. The van der Waals surface area contributed by atoms with Crippen molar-refractivity contribution in [2.24, 2.45) is 0 Å². The first kappa shape index (κ1) is 16.3. The van der Waals surface area contributed by atoms with E-state index in [9.17, 15) is 8.42 Å². The van der Waals surface area contributed by atoms with Crippen molar-refractivity contribution in [2.45, 2.75) is 24.7 Å². The lowest BCUT2D eigenvalue weighted by atomic mass is 10.1. The molecule has 114 valence electrons. The highest BCUT2D eigenvalue weighted by Gasteiger charge is 2.13. The summed E-state index contributed by atoms with van der Waals surface area (Å²) in [6.45, 7) is 1.97. The van der Waals surface area contributed by atoms with Gasteiger partial charge in [-0.3, -0.25) is 4.18 Å². The van der Waals surface area contributed by atoms with Crippen molar-refractivity contribution in [1.82, 2.24) is 0 Å². The molecule has 0 aliphatic carbocycles. The van der Waals surface area contributed by atoms with E-state index in [2.05, 4.69) is 11.8 Å². The van der Waals surface area contributed by atoms with Crippen molar-refractivity contribution in [3.8, 4) is 11.8 Å². The van der Waals surface area contributed by atoms with Crippen molar-refractivity contribution in [3.05, 3.63) is 65.7 Å². The maximum atomic E-state index is 11.9. The Balaban J connectivity index is 1.80. The molecule has 0 spiro atoms. The van der Waals surface area contributed by atoms with E-state index in [0.717, 1.165) is 11.1 Å². The minimum atomic E-state index is -3.68. The van der Waals surface area contributed by atoms with Gasteiger partial charge in [-0.2, -0.15) is 8.42 Å². The maximum absolute atomic E-state index is 11.9. The number of aryl methyl sites for hydroxylation is 1. The standard InChI is InChI=1S/C18H18O3S/c1-16-11-13-18(14-12-16)22(19,20)21-15-7-3-6-10-17-8-4-2-5-9-17/h2,4-5,8-9,11-14H,7,10,15H2,1H3. The van der Waals surface area contributed by atoms with Crippen molar-refractivity contribution >= 4 is 10.1 Å². The summed E-state index contributed by atoms with van der Waals surface area (Å²) < 4.78 is 28.8. The van der Waals surface area contributed by atoms with Crippen LogP contribution in [0.3, 0.4) is 0 Å². The number of benzene rings is 2. The van der Waals surface area contributed by atoms with Crippen LogP contribution >= 0.6 is 0 Å². The Morgan fingerprint density at radius 3 is 2.32 bits per heavy atom. The summed E-state index contributed by atoms with van der Waals surface area (Å²) in [5.74, 6) is 5.94. The lowest BCUT2D eigenvalue weighted by Crippen LogP contribution is -2.07. The molecule has 0 aliphatic heterocycles. The molecule has 0 fully saturated rings. The van der Waals surface area contributed by atoms with Crippen LogP contribution in [0.15, 0.2) is 59.5 Å². The third-order valence-corrected chi connectivity index (χ3v) is 4.36. The number of hydrogen-bond donors (Lipinski definition) is 0. The summed E-state index contributed by atoms with van der Waals surface area (Å²) >= 11 is 0. The van der Waals surface area contributed by atoms with Crippen molar-refractivity contribution in [1.29, 1.82) is 0 Å². The monoisotopic (exact) mass is 314 g/mol. The summed E-state index contributed by atoms with van der Waals surface area (Å²) in [7, 11) is -3.68. The van der Waals surface area contributed by atoms with E-state index in [-0.39, 0.29) is 11.5 Å². The topological polar surface area (TPSA) is 43.4 Å². The molecule has 0 amide bonds. The summed E-state index contributed by atoms with van der Waals surface area (Å²) in [4.78, 5) is 0.176. The maximum Gasteiger partial charge on any atom is 0.297 e. The third-order valence-electron chi connectivity index (χ3n) is 3.04. The van der Waals surface area contributed by atoms with Crippen LogP contribution in [0.4, 0.5) is 0 Å². The van der Waals surface area contributed by atoms with Gasteiger partial charge in [0.05, 0.1) is 11.5 Å². The van der Waals surface area contributed by atoms with E-state index in [4.69, 9.17) is 4.18 Å². The van der Waals surface area contributed by atoms with E-state index in [1.165, 1.54) is 0 Å². The minimum Gasteiger partial charge on any atom is -0.265 e. The number of hydrogen-bond acceptors (Lipinski definition) is 3. The molecule has 0 bridgehead atoms. The largest absolute Gasteiger partial charge is 0.297 e. The Labute approximate surface area is 132 Å². The lowest BCUT2D eigenvalue weighted by molar-refractivity contribution is 0.326.